The van der Waals surface area contributed by atoms with Crippen molar-refractivity contribution in [3.05, 3.63) is 34.4 Å². The smallest absolute Gasteiger partial charge is 0.0417 e. The Hall–Kier alpha value is -0.490. The van der Waals surface area contributed by atoms with Gasteiger partial charge in [0.25, 0.3) is 0 Å². The molecule has 0 radical (unpaired) electrons. The maximum absolute atomic E-state index is 7.92. The molecule has 0 nitrogen and oxygen atoms in total. The van der Waals surface area contributed by atoms with E-state index in [4.69, 9.17) is 14.3 Å². The van der Waals surface area contributed by atoms with Gasteiger partial charge < -0.3 is 0 Å². The summed E-state index contributed by atoms with van der Waals surface area (Å²) in [6, 6.07) is 4.06. The predicted molar refractivity (Wildman–Crippen MR) is 53.0 cm³/mol. The highest BCUT2D eigenvalue weighted by molar-refractivity contribution is 6.21. The van der Waals surface area contributed by atoms with Crippen molar-refractivity contribution >= 4 is 11.6 Å². The Bertz CT molecular complexity index is 385. The summed E-state index contributed by atoms with van der Waals surface area (Å²) in [6.45, 7) is 3.99. The van der Waals surface area contributed by atoms with Crippen LogP contribution < -0.4 is 0 Å². The van der Waals surface area contributed by atoms with E-state index < -0.39 is 11.8 Å². The second-order valence-corrected chi connectivity index (χ2v) is 3.96. The Morgan fingerprint density at radius 1 is 1.50 bits per heavy atom. The molecule has 0 bridgehead atoms. The monoisotopic (exact) mass is 182 g/mol. The third-order valence-corrected chi connectivity index (χ3v) is 2.53. The normalized spacial score (nSPS) is 27.8. The Morgan fingerprint density at radius 3 is 3.00 bits per heavy atom. The molecule has 1 heteroatoms. The van der Waals surface area contributed by atoms with Crippen LogP contribution in [0.25, 0.3) is 0 Å². The minimum atomic E-state index is -1.37. The van der Waals surface area contributed by atoms with Gasteiger partial charge in [-0.3, -0.25) is 0 Å². The zero-order valence-electron chi connectivity index (χ0n) is 9.32. The number of halogens is 1. The average molecular weight is 183 g/mol. The number of aryl methyl sites for hydroxylation is 2. The molecular weight excluding hydrogens is 168 g/mol. The molecule has 0 aromatic heterocycles. The first kappa shape index (κ1) is 6.04. The summed E-state index contributed by atoms with van der Waals surface area (Å²) >= 11 is 6.02. The third-order valence-electron chi connectivity index (χ3n) is 2.26. The van der Waals surface area contributed by atoms with E-state index in [2.05, 4.69) is 0 Å². The van der Waals surface area contributed by atoms with Crippen molar-refractivity contribution in [2.75, 3.05) is 0 Å². The van der Waals surface area contributed by atoms with Crippen LogP contribution in [0, 0.1) is 13.8 Å². The second-order valence-electron chi connectivity index (χ2n) is 3.43. The van der Waals surface area contributed by atoms with E-state index in [-0.39, 0.29) is 0 Å². The lowest BCUT2D eigenvalue weighted by molar-refractivity contribution is 0.920. The lowest BCUT2D eigenvalue weighted by Gasteiger charge is -2.04. The van der Waals surface area contributed by atoms with Crippen LogP contribution in [-0.4, -0.2) is 5.38 Å². The van der Waals surface area contributed by atoms with Crippen molar-refractivity contribution in [3.63, 3.8) is 0 Å². The number of benzene rings is 1. The molecule has 1 aromatic rings. The number of hydrogen-bond donors (Lipinski definition) is 0. The van der Waals surface area contributed by atoms with Gasteiger partial charge in [0.2, 0.25) is 0 Å². The number of rotatable bonds is 0. The van der Waals surface area contributed by atoms with Gasteiger partial charge >= 0.3 is 0 Å². The first-order valence-electron chi connectivity index (χ1n) is 5.17. The molecule has 0 saturated heterocycles. The number of alkyl halides is 1. The van der Waals surface area contributed by atoms with Gasteiger partial charge in [0, 0.05) is 8.12 Å². The summed E-state index contributed by atoms with van der Waals surface area (Å²) in [6.07, 6.45) is -0.721. The first-order valence-corrected chi connectivity index (χ1v) is 4.61. The summed E-state index contributed by atoms with van der Waals surface area (Å²) in [5.74, 6) is 0. The van der Waals surface area contributed by atoms with Crippen LogP contribution in [0.15, 0.2) is 12.1 Å². The van der Waals surface area contributed by atoms with Gasteiger partial charge in [-0.25, -0.2) is 0 Å². The summed E-state index contributed by atoms with van der Waals surface area (Å²) < 4.78 is 15.8. The molecule has 0 saturated carbocycles. The Balaban J connectivity index is 2.65. The van der Waals surface area contributed by atoms with Crippen LogP contribution in [0.4, 0.5) is 0 Å². The van der Waals surface area contributed by atoms with Crippen molar-refractivity contribution in [1.29, 1.82) is 0 Å². The molecule has 1 atom stereocenters. The van der Waals surface area contributed by atoms with Crippen LogP contribution >= 0.6 is 11.6 Å². The molecule has 64 valence electrons. The highest BCUT2D eigenvalue weighted by Gasteiger charge is 2.20. The highest BCUT2D eigenvalue weighted by atomic mass is 35.5. The van der Waals surface area contributed by atoms with Crippen LogP contribution in [-0.2, 0) is 12.8 Å². The lowest BCUT2D eigenvalue weighted by atomic mass is 10.0. The van der Waals surface area contributed by atoms with Crippen molar-refractivity contribution in [3.8, 4) is 0 Å². The number of fused-ring (bicyclic) bond motifs is 1. The Kier molecular flexibility index (Phi) is 1.40. The largest absolute Gasteiger partial charge is 0.122 e. The SMILES string of the molecule is [2H]C1([2H])c2c(C)cc(C)cc2CC1Cl. The molecule has 0 aliphatic heterocycles. The van der Waals surface area contributed by atoms with Gasteiger partial charge in [-0.05, 0) is 43.3 Å². The van der Waals surface area contributed by atoms with Crippen LogP contribution in [0.5, 0.6) is 0 Å². The molecule has 1 aliphatic carbocycles. The average Bonchev–Trinajstić information content (AvgIpc) is 2.21. The number of hydrogen-bond acceptors (Lipinski definition) is 0. The van der Waals surface area contributed by atoms with E-state index >= 15 is 0 Å². The van der Waals surface area contributed by atoms with E-state index in [0.29, 0.717) is 6.42 Å². The topological polar surface area (TPSA) is 0 Å². The van der Waals surface area contributed by atoms with Gasteiger partial charge in [-0.1, -0.05) is 17.7 Å². The lowest BCUT2D eigenvalue weighted by Crippen LogP contribution is -1.94. The predicted octanol–water partition coefficient (Wildman–Crippen LogP) is 3.01. The molecule has 1 aromatic carbocycles. The van der Waals surface area contributed by atoms with Gasteiger partial charge in [0.1, 0.15) is 0 Å². The molecule has 0 spiro atoms. The molecular formula is C11H13Cl. The van der Waals surface area contributed by atoms with Gasteiger partial charge in [-0.2, -0.15) is 0 Å². The van der Waals surface area contributed by atoms with E-state index in [9.17, 15) is 0 Å². The van der Waals surface area contributed by atoms with Crippen molar-refractivity contribution < 1.29 is 2.74 Å². The summed E-state index contributed by atoms with van der Waals surface area (Å²) in [7, 11) is 0. The van der Waals surface area contributed by atoms with Crippen LogP contribution in [0.2, 0.25) is 0 Å². The second kappa shape index (κ2) is 2.77. The third kappa shape index (κ3) is 1.25. The maximum Gasteiger partial charge on any atom is 0.0417 e. The Labute approximate surface area is 81.4 Å². The molecule has 2 rings (SSSR count). The van der Waals surface area contributed by atoms with E-state index in [1.54, 1.807) is 0 Å². The quantitative estimate of drug-likeness (QED) is 0.542. The van der Waals surface area contributed by atoms with Gasteiger partial charge in [-0.15, -0.1) is 11.6 Å². The van der Waals surface area contributed by atoms with Crippen molar-refractivity contribution in [2.24, 2.45) is 0 Å². The van der Waals surface area contributed by atoms with E-state index in [1.807, 2.05) is 26.0 Å². The fraction of sp³-hybridized carbons (Fsp3) is 0.455. The molecule has 0 heterocycles. The zero-order chi connectivity index (χ0) is 10.5. The van der Waals surface area contributed by atoms with Gasteiger partial charge in [0.05, 0.1) is 0 Å². The van der Waals surface area contributed by atoms with Crippen molar-refractivity contribution in [2.45, 2.75) is 32.0 Å². The molecule has 0 amide bonds. The van der Waals surface area contributed by atoms with Crippen LogP contribution in [0.3, 0.4) is 0 Å². The summed E-state index contributed by atoms with van der Waals surface area (Å²) in [4.78, 5) is 0. The van der Waals surface area contributed by atoms with E-state index in [1.165, 1.54) is 5.56 Å². The first-order chi connectivity index (χ1) is 6.43. The molecule has 1 unspecified atom stereocenters. The fourth-order valence-electron chi connectivity index (χ4n) is 1.82. The Morgan fingerprint density at radius 2 is 2.25 bits per heavy atom. The maximum atomic E-state index is 7.92. The fourth-order valence-corrected chi connectivity index (χ4v) is 2.10. The summed E-state index contributed by atoms with van der Waals surface area (Å²) in [5.41, 5.74) is 4.09. The molecule has 1 aliphatic rings. The zero-order valence-corrected chi connectivity index (χ0v) is 8.07. The minimum Gasteiger partial charge on any atom is -0.122 e. The van der Waals surface area contributed by atoms with Crippen LogP contribution in [0.1, 0.15) is 25.0 Å². The minimum absolute atomic E-state index is 0.419. The van der Waals surface area contributed by atoms with Gasteiger partial charge in [0.15, 0.2) is 0 Å². The standard InChI is InChI=1S/C11H13Cl/c1-7-3-8(2)11-6-10(12)5-9(11)4-7/h3-4,10H,5-6H2,1-2H3/i6D2. The van der Waals surface area contributed by atoms with Crippen molar-refractivity contribution in [1.82, 2.24) is 0 Å². The molecule has 0 N–H and O–H groups in total. The molecule has 12 heavy (non-hydrogen) atoms. The highest BCUT2D eigenvalue weighted by Crippen LogP contribution is 2.29. The van der Waals surface area contributed by atoms with E-state index in [0.717, 1.165) is 16.7 Å². The summed E-state index contributed by atoms with van der Waals surface area (Å²) in [5, 5.41) is -0.419. The molecule has 0 fully saturated rings.